The summed E-state index contributed by atoms with van der Waals surface area (Å²) < 4.78 is 50.3. The predicted molar refractivity (Wildman–Crippen MR) is 77.2 cm³/mol. The largest absolute Gasteiger partial charge is 0.240 e. The average molecular weight is 392 g/mol. The molecule has 6 nitrogen and oxygen atoms in total. The predicted octanol–water partition coefficient (Wildman–Crippen LogP) is 0.930. The van der Waals surface area contributed by atoms with Crippen LogP contribution < -0.4 is 9.44 Å². The number of benzene rings is 1. The molecule has 0 aromatic heterocycles. The normalized spacial score (nSPS) is 12.6. The Morgan fingerprint density at radius 1 is 1.16 bits per heavy atom. The molecule has 10 heteroatoms. The van der Waals surface area contributed by atoms with Crippen LogP contribution >= 0.6 is 27.5 Å². The molecule has 108 valence electrons. The summed E-state index contributed by atoms with van der Waals surface area (Å²) in [7, 11) is -7.02. The molecule has 0 unspecified atom stereocenters. The zero-order chi connectivity index (χ0) is 14.7. The number of rotatable bonds is 6. The molecule has 1 aromatic carbocycles. The van der Waals surface area contributed by atoms with Crippen LogP contribution in [0.5, 0.6) is 0 Å². The molecule has 0 aliphatic heterocycles. The van der Waals surface area contributed by atoms with E-state index in [-0.39, 0.29) is 18.0 Å². The average Bonchev–Trinajstić information content (AvgIpc) is 2.27. The lowest BCUT2D eigenvalue weighted by molar-refractivity contribution is 0.573. The smallest absolute Gasteiger partial charge is 0.214 e. The van der Waals surface area contributed by atoms with Crippen molar-refractivity contribution in [2.45, 2.75) is 4.90 Å². The van der Waals surface area contributed by atoms with Gasteiger partial charge in [-0.1, -0.05) is 11.6 Å². The number of nitrogens with one attached hydrogen (secondary N) is 2. The molecular weight excluding hydrogens is 380 g/mol. The molecule has 2 N–H and O–H groups in total. The van der Waals surface area contributed by atoms with Crippen LogP contribution in [0, 0.1) is 0 Å². The Balaban J connectivity index is 2.68. The molecule has 0 amide bonds. The van der Waals surface area contributed by atoms with Crippen LogP contribution in [-0.4, -0.2) is 36.2 Å². The van der Waals surface area contributed by atoms with Gasteiger partial charge in [-0.05, 0) is 34.1 Å². The van der Waals surface area contributed by atoms with Crippen molar-refractivity contribution in [1.29, 1.82) is 0 Å². The molecule has 0 aliphatic rings. The summed E-state index contributed by atoms with van der Waals surface area (Å²) in [5.41, 5.74) is 0. The van der Waals surface area contributed by atoms with E-state index >= 15 is 0 Å². The van der Waals surface area contributed by atoms with Crippen molar-refractivity contribution >= 4 is 47.6 Å². The van der Waals surface area contributed by atoms with Crippen LogP contribution in [0.1, 0.15) is 0 Å². The Kier molecular flexibility index (Phi) is 5.78. The van der Waals surface area contributed by atoms with Crippen molar-refractivity contribution in [3.63, 3.8) is 0 Å². The first-order chi connectivity index (χ1) is 8.62. The van der Waals surface area contributed by atoms with Crippen molar-refractivity contribution in [2.24, 2.45) is 0 Å². The molecule has 0 radical (unpaired) electrons. The van der Waals surface area contributed by atoms with Crippen LogP contribution in [0.15, 0.2) is 27.6 Å². The van der Waals surface area contributed by atoms with E-state index in [0.29, 0.717) is 9.50 Å². The molecule has 1 rings (SSSR count). The van der Waals surface area contributed by atoms with Crippen molar-refractivity contribution in [2.75, 3.05) is 19.3 Å². The molecule has 1 aromatic rings. The molecule has 0 saturated carbocycles. The van der Waals surface area contributed by atoms with Crippen LogP contribution in [0.3, 0.4) is 0 Å². The number of sulfonamides is 2. The van der Waals surface area contributed by atoms with Gasteiger partial charge in [-0.3, -0.25) is 0 Å². The van der Waals surface area contributed by atoms with Crippen LogP contribution in [-0.2, 0) is 20.0 Å². The first-order valence-corrected chi connectivity index (χ1v) is 9.56. The summed E-state index contributed by atoms with van der Waals surface area (Å²) in [6.45, 7) is -0.0670. The Labute approximate surface area is 125 Å². The Morgan fingerprint density at radius 3 is 2.26 bits per heavy atom. The lowest BCUT2D eigenvalue weighted by atomic mass is 10.4. The molecule has 0 heterocycles. The second-order valence-electron chi connectivity index (χ2n) is 3.64. The monoisotopic (exact) mass is 390 g/mol. The summed E-state index contributed by atoms with van der Waals surface area (Å²) in [5.74, 6) is 0. The van der Waals surface area contributed by atoms with E-state index in [1.807, 2.05) is 0 Å². The van der Waals surface area contributed by atoms with E-state index in [2.05, 4.69) is 25.4 Å². The van der Waals surface area contributed by atoms with Crippen molar-refractivity contribution in [3.8, 4) is 0 Å². The summed E-state index contributed by atoms with van der Waals surface area (Å²) in [5, 5.41) is 0.401. The summed E-state index contributed by atoms with van der Waals surface area (Å²) in [6.07, 6.45) is 0.998. The van der Waals surface area contributed by atoms with Gasteiger partial charge < -0.3 is 0 Å². The van der Waals surface area contributed by atoms with Gasteiger partial charge in [0.05, 0.1) is 16.2 Å². The fourth-order valence-corrected chi connectivity index (χ4v) is 3.33. The second-order valence-corrected chi connectivity index (χ2v) is 8.50. The topological polar surface area (TPSA) is 92.3 Å². The van der Waals surface area contributed by atoms with Gasteiger partial charge in [0, 0.05) is 17.6 Å². The summed E-state index contributed by atoms with van der Waals surface area (Å²) in [6, 6.07) is 4.18. The lowest BCUT2D eigenvalue weighted by Gasteiger charge is -2.08. The van der Waals surface area contributed by atoms with Gasteiger partial charge in [-0.2, -0.15) is 0 Å². The van der Waals surface area contributed by atoms with Crippen molar-refractivity contribution in [1.82, 2.24) is 9.44 Å². The van der Waals surface area contributed by atoms with Gasteiger partial charge in [0.25, 0.3) is 0 Å². The van der Waals surface area contributed by atoms with E-state index < -0.39 is 20.0 Å². The molecule has 0 atom stereocenters. The van der Waals surface area contributed by atoms with E-state index in [0.717, 1.165) is 6.26 Å². The van der Waals surface area contributed by atoms with Crippen LogP contribution in [0.2, 0.25) is 5.02 Å². The number of hydrogen-bond acceptors (Lipinski definition) is 4. The molecular formula is C9H12BrClN2O4S2. The van der Waals surface area contributed by atoms with Crippen molar-refractivity contribution in [3.05, 3.63) is 27.7 Å². The fourth-order valence-electron chi connectivity index (χ4n) is 1.15. The van der Waals surface area contributed by atoms with Gasteiger partial charge in [0.1, 0.15) is 0 Å². The number of halogens is 2. The molecule has 0 saturated heterocycles. The molecule has 0 bridgehead atoms. The van der Waals surface area contributed by atoms with Gasteiger partial charge in [0.15, 0.2) is 0 Å². The molecule has 0 aliphatic carbocycles. The fraction of sp³-hybridized carbons (Fsp3) is 0.333. The van der Waals surface area contributed by atoms with Gasteiger partial charge in [-0.15, -0.1) is 0 Å². The molecule has 0 spiro atoms. The minimum absolute atomic E-state index is 0.0210. The SMILES string of the molecule is CS(=O)(=O)NCCNS(=O)(=O)c1ccc(Cl)c(Br)c1. The standard InChI is InChI=1S/C9H12BrClN2O4S2/c1-18(14,15)12-4-5-13-19(16,17)7-2-3-9(11)8(10)6-7/h2-3,6,12-13H,4-5H2,1H3. The Hall–Kier alpha value is -0.190. The van der Waals surface area contributed by atoms with Crippen LogP contribution in [0.25, 0.3) is 0 Å². The van der Waals surface area contributed by atoms with E-state index in [9.17, 15) is 16.8 Å². The third-order valence-electron chi connectivity index (χ3n) is 1.98. The minimum Gasteiger partial charge on any atom is -0.214 e. The Morgan fingerprint density at radius 2 is 1.74 bits per heavy atom. The van der Waals surface area contributed by atoms with E-state index in [1.54, 1.807) is 0 Å². The van der Waals surface area contributed by atoms with Gasteiger partial charge in [0.2, 0.25) is 20.0 Å². The van der Waals surface area contributed by atoms with E-state index in [4.69, 9.17) is 11.6 Å². The Bertz CT molecular complexity index is 661. The maximum atomic E-state index is 11.9. The lowest BCUT2D eigenvalue weighted by Crippen LogP contribution is -2.34. The number of hydrogen-bond donors (Lipinski definition) is 2. The third-order valence-corrected chi connectivity index (χ3v) is 5.38. The highest BCUT2D eigenvalue weighted by Gasteiger charge is 2.14. The maximum absolute atomic E-state index is 11.9. The first kappa shape index (κ1) is 16.9. The molecule has 19 heavy (non-hydrogen) atoms. The van der Waals surface area contributed by atoms with Gasteiger partial charge >= 0.3 is 0 Å². The highest BCUT2D eigenvalue weighted by atomic mass is 79.9. The zero-order valence-electron chi connectivity index (χ0n) is 9.85. The zero-order valence-corrected chi connectivity index (χ0v) is 13.8. The summed E-state index contributed by atoms with van der Waals surface area (Å²) in [4.78, 5) is 0.0446. The second kappa shape index (κ2) is 6.51. The maximum Gasteiger partial charge on any atom is 0.240 e. The van der Waals surface area contributed by atoms with Crippen LogP contribution in [0.4, 0.5) is 0 Å². The summed E-state index contributed by atoms with van der Waals surface area (Å²) >= 11 is 8.90. The quantitative estimate of drug-likeness (QED) is 0.706. The third kappa shape index (κ3) is 5.76. The highest BCUT2D eigenvalue weighted by molar-refractivity contribution is 9.10. The van der Waals surface area contributed by atoms with E-state index in [1.165, 1.54) is 18.2 Å². The van der Waals surface area contributed by atoms with Gasteiger partial charge in [-0.25, -0.2) is 26.3 Å². The minimum atomic E-state index is -3.69. The van der Waals surface area contributed by atoms with Crippen molar-refractivity contribution < 1.29 is 16.8 Å². The first-order valence-electron chi connectivity index (χ1n) is 5.01. The highest BCUT2D eigenvalue weighted by Crippen LogP contribution is 2.25. The molecule has 0 fully saturated rings.